The molecule has 5 heteroatoms. The summed E-state index contributed by atoms with van der Waals surface area (Å²) in [5.41, 5.74) is 2.19. The molecule has 0 spiro atoms. The van der Waals surface area contributed by atoms with Gasteiger partial charge in [-0.15, -0.1) is 12.4 Å². The molecule has 1 aliphatic rings. The van der Waals surface area contributed by atoms with E-state index in [9.17, 15) is 4.39 Å². The molecule has 1 aliphatic heterocycles. The first-order chi connectivity index (χ1) is 9.22. The Morgan fingerprint density at radius 2 is 2.05 bits per heavy atom. The number of nitrogens with zero attached hydrogens (tertiary/aromatic N) is 1. The molecular formula is C15H24ClFN2O. The second-order valence-corrected chi connectivity index (χ2v) is 5.17. The Morgan fingerprint density at radius 1 is 1.35 bits per heavy atom. The number of halogens is 2. The van der Waals surface area contributed by atoms with Gasteiger partial charge in [0.2, 0.25) is 0 Å². The van der Waals surface area contributed by atoms with Gasteiger partial charge in [0.1, 0.15) is 5.82 Å². The monoisotopic (exact) mass is 302 g/mol. The molecule has 114 valence electrons. The van der Waals surface area contributed by atoms with E-state index in [1.54, 1.807) is 6.07 Å². The highest BCUT2D eigenvalue weighted by Gasteiger charge is 2.23. The van der Waals surface area contributed by atoms with Crippen LogP contribution in [-0.4, -0.2) is 42.8 Å². The van der Waals surface area contributed by atoms with Crippen LogP contribution in [-0.2, 0) is 0 Å². The van der Waals surface area contributed by atoms with Crippen LogP contribution < -0.4 is 5.32 Å². The molecule has 0 aromatic heterocycles. The number of hydrogen-bond donors (Lipinski definition) is 2. The zero-order chi connectivity index (χ0) is 13.7. The van der Waals surface area contributed by atoms with Gasteiger partial charge < -0.3 is 10.4 Å². The van der Waals surface area contributed by atoms with E-state index in [2.05, 4.69) is 10.2 Å². The zero-order valence-corrected chi connectivity index (χ0v) is 12.8. The van der Waals surface area contributed by atoms with Gasteiger partial charge in [0.25, 0.3) is 0 Å². The number of aliphatic hydroxyl groups is 1. The number of aryl methyl sites for hydroxylation is 1. The van der Waals surface area contributed by atoms with Gasteiger partial charge in [-0.05, 0) is 43.0 Å². The first kappa shape index (κ1) is 17.4. The quantitative estimate of drug-likeness (QED) is 0.876. The molecule has 0 aliphatic carbocycles. The molecule has 1 fully saturated rings. The average Bonchev–Trinajstić information content (AvgIpc) is 2.44. The van der Waals surface area contributed by atoms with Crippen LogP contribution in [0.3, 0.4) is 0 Å². The first-order valence-electron chi connectivity index (χ1n) is 7.04. The van der Waals surface area contributed by atoms with Crippen molar-refractivity contribution < 1.29 is 9.50 Å². The minimum atomic E-state index is -0.176. The van der Waals surface area contributed by atoms with Crippen LogP contribution in [0.25, 0.3) is 0 Å². The number of nitrogens with one attached hydrogen (secondary N) is 1. The van der Waals surface area contributed by atoms with Crippen molar-refractivity contribution in [1.29, 1.82) is 0 Å². The van der Waals surface area contributed by atoms with Gasteiger partial charge in [-0.2, -0.15) is 0 Å². The van der Waals surface area contributed by atoms with Crippen molar-refractivity contribution >= 4 is 12.4 Å². The summed E-state index contributed by atoms with van der Waals surface area (Å²) in [5, 5.41) is 12.4. The van der Waals surface area contributed by atoms with Gasteiger partial charge in [0.15, 0.2) is 0 Å². The van der Waals surface area contributed by atoms with E-state index in [1.165, 1.54) is 6.07 Å². The third kappa shape index (κ3) is 4.42. The maximum absolute atomic E-state index is 13.5. The maximum Gasteiger partial charge on any atom is 0.123 e. The van der Waals surface area contributed by atoms with Crippen molar-refractivity contribution in [3.63, 3.8) is 0 Å². The third-order valence-electron chi connectivity index (χ3n) is 3.83. The summed E-state index contributed by atoms with van der Waals surface area (Å²) in [6, 6.07) is 5.22. The highest BCUT2D eigenvalue weighted by Crippen LogP contribution is 2.29. The lowest BCUT2D eigenvalue weighted by molar-refractivity contribution is 0.154. The fourth-order valence-corrected chi connectivity index (χ4v) is 2.78. The summed E-state index contributed by atoms with van der Waals surface area (Å²) < 4.78 is 13.5. The standard InChI is InChI=1S/C15H23FN2O.ClH/c1-12-4-5-13(16)11-14(12)15(3-2-10-19)18-8-6-17-7-9-18;/h4-5,11,15,17,19H,2-3,6-10H2,1H3;1H/t15-;/m0./s1. The fraction of sp³-hybridized carbons (Fsp3) is 0.600. The van der Waals surface area contributed by atoms with Crippen LogP contribution in [0.1, 0.15) is 30.0 Å². The SMILES string of the molecule is Cc1ccc(F)cc1[C@H](CCCO)N1CCNCC1.Cl. The van der Waals surface area contributed by atoms with Crippen molar-refractivity contribution in [2.24, 2.45) is 0 Å². The Morgan fingerprint density at radius 3 is 2.70 bits per heavy atom. The second kappa shape index (κ2) is 8.57. The summed E-state index contributed by atoms with van der Waals surface area (Å²) >= 11 is 0. The molecule has 1 aromatic carbocycles. The Balaban J connectivity index is 0.00000200. The molecule has 0 unspecified atom stereocenters. The maximum atomic E-state index is 13.5. The highest BCUT2D eigenvalue weighted by molar-refractivity contribution is 5.85. The minimum absolute atomic E-state index is 0. The van der Waals surface area contributed by atoms with Gasteiger partial charge in [-0.1, -0.05) is 6.07 Å². The van der Waals surface area contributed by atoms with E-state index in [1.807, 2.05) is 13.0 Å². The van der Waals surface area contributed by atoms with Crippen LogP contribution in [0.15, 0.2) is 18.2 Å². The normalized spacial score (nSPS) is 17.6. The Labute approximate surface area is 126 Å². The van der Waals surface area contributed by atoms with Crippen LogP contribution in [0.2, 0.25) is 0 Å². The van der Waals surface area contributed by atoms with E-state index in [-0.39, 0.29) is 30.9 Å². The Bertz CT molecular complexity index is 411. The Hall–Kier alpha value is -0.680. The molecule has 1 aromatic rings. The van der Waals surface area contributed by atoms with Gasteiger partial charge in [0.05, 0.1) is 0 Å². The molecule has 0 amide bonds. The van der Waals surface area contributed by atoms with E-state index in [0.29, 0.717) is 0 Å². The van der Waals surface area contributed by atoms with E-state index >= 15 is 0 Å². The molecule has 20 heavy (non-hydrogen) atoms. The predicted octanol–water partition coefficient (Wildman–Crippen LogP) is 2.27. The molecule has 0 radical (unpaired) electrons. The van der Waals surface area contributed by atoms with Crippen LogP contribution >= 0.6 is 12.4 Å². The molecule has 2 rings (SSSR count). The summed E-state index contributed by atoms with van der Waals surface area (Å²) in [5.74, 6) is -0.176. The molecule has 1 saturated heterocycles. The summed E-state index contributed by atoms with van der Waals surface area (Å²) in [7, 11) is 0. The van der Waals surface area contributed by atoms with Gasteiger partial charge in [-0.25, -0.2) is 4.39 Å². The van der Waals surface area contributed by atoms with Gasteiger partial charge in [-0.3, -0.25) is 4.90 Å². The minimum Gasteiger partial charge on any atom is -0.396 e. The van der Waals surface area contributed by atoms with Crippen LogP contribution in [0, 0.1) is 12.7 Å². The molecule has 1 atom stereocenters. The van der Waals surface area contributed by atoms with Crippen molar-refractivity contribution in [1.82, 2.24) is 10.2 Å². The summed E-state index contributed by atoms with van der Waals surface area (Å²) in [6.07, 6.45) is 1.63. The lowest BCUT2D eigenvalue weighted by atomic mass is 9.95. The van der Waals surface area contributed by atoms with E-state index < -0.39 is 0 Å². The number of piperazine rings is 1. The van der Waals surface area contributed by atoms with Crippen LogP contribution in [0.4, 0.5) is 4.39 Å². The van der Waals surface area contributed by atoms with Crippen molar-refractivity contribution in [3.8, 4) is 0 Å². The number of rotatable bonds is 5. The molecule has 1 heterocycles. The largest absolute Gasteiger partial charge is 0.396 e. The molecule has 0 saturated carbocycles. The lowest BCUT2D eigenvalue weighted by Gasteiger charge is -2.36. The first-order valence-corrected chi connectivity index (χ1v) is 7.04. The van der Waals surface area contributed by atoms with E-state index in [0.717, 1.165) is 50.1 Å². The molecule has 3 nitrogen and oxygen atoms in total. The van der Waals surface area contributed by atoms with Crippen molar-refractivity contribution in [2.75, 3.05) is 32.8 Å². The lowest BCUT2D eigenvalue weighted by Crippen LogP contribution is -2.45. The predicted molar refractivity (Wildman–Crippen MR) is 81.9 cm³/mol. The second-order valence-electron chi connectivity index (χ2n) is 5.17. The summed E-state index contributed by atoms with van der Waals surface area (Å²) in [4.78, 5) is 2.40. The van der Waals surface area contributed by atoms with Gasteiger partial charge in [0, 0.05) is 38.8 Å². The smallest absolute Gasteiger partial charge is 0.123 e. The highest BCUT2D eigenvalue weighted by atomic mass is 35.5. The van der Waals surface area contributed by atoms with E-state index in [4.69, 9.17) is 5.11 Å². The number of aliphatic hydroxyl groups excluding tert-OH is 1. The molecule has 2 N–H and O–H groups in total. The topological polar surface area (TPSA) is 35.5 Å². The fourth-order valence-electron chi connectivity index (χ4n) is 2.78. The number of hydrogen-bond acceptors (Lipinski definition) is 3. The number of benzene rings is 1. The zero-order valence-electron chi connectivity index (χ0n) is 11.9. The van der Waals surface area contributed by atoms with Crippen LogP contribution in [0.5, 0.6) is 0 Å². The summed E-state index contributed by atoms with van der Waals surface area (Å²) in [6.45, 7) is 6.13. The van der Waals surface area contributed by atoms with Crippen molar-refractivity contribution in [3.05, 3.63) is 35.1 Å². The average molecular weight is 303 g/mol. The molecular weight excluding hydrogens is 279 g/mol. The third-order valence-corrected chi connectivity index (χ3v) is 3.83. The Kier molecular flexibility index (Phi) is 7.45. The van der Waals surface area contributed by atoms with Gasteiger partial charge >= 0.3 is 0 Å². The molecule has 0 bridgehead atoms. The van der Waals surface area contributed by atoms with Crippen molar-refractivity contribution in [2.45, 2.75) is 25.8 Å².